The molecule has 6 heteroatoms. The maximum Gasteiger partial charge on any atom is 0.337 e. The van der Waals surface area contributed by atoms with Crippen molar-refractivity contribution < 1.29 is 14.3 Å². The van der Waals surface area contributed by atoms with Crippen LogP contribution < -0.4 is 10.6 Å². The summed E-state index contributed by atoms with van der Waals surface area (Å²) in [4.78, 5) is 15.9. The van der Waals surface area contributed by atoms with Gasteiger partial charge in [-0.2, -0.15) is 0 Å². The lowest BCUT2D eigenvalue weighted by Crippen LogP contribution is -2.43. The third-order valence-electron chi connectivity index (χ3n) is 2.94. The van der Waals surface area contributed by atoms with Gasteiger partial charge in [-0.3, -0.25) is 0 Å². The van der Waals surface area contributed by atoms with E-state index in [0.717, 1.165) is 18.1 Å². The van der Waals surface area contributed by atoms with Crippen molar-refractivity contribution in [1.82, 2.24) is 10.6 Å². The number of esters is 1. The summed E-state index contributed by atoms with van der Waals surface area (Å²) in [6, 6.07) is 7.40. The largest absolute Gasteiger partial charge is 0.465 e. The smallest absolute Gasteiger partial charge is 0.337 e. The number of rotatable bonds is 7. The van der Waals surface area contributed by atoms with E-state index in [0.29, 0.717) is 18.7 Å². The number of nitrogens with zero attached hydrogens (tertiary/aromatic N) is 1. The highest BCUT2D eigenvalue weighted by molar-refractivity contribution is 5.89. The Morgan fingerprint density at radius 1 is 1.27 bits per heavy atom. The number of ether oxygens (including phenoxy) is 2. The Labute approximate surface area is 131 Å². The van der Waals surface area contributed by atoms with E-state index in [2.05, 4.69) is 20.4 Å². The van der Waals surface area contributed by atoms with Crippen LogP contribution in [0.1, 0.15) is 29.8 Å². The zero-order chi connectivity index (χ0) is 16.4. The van der Waals surface area contributed by atoms with E-state index < -0.39 is 0 Å². The van der Waals surface area contributed by atoms with Gasteiger partial charge in [-0.15, -0.1) is 0 Å². The van der Waals surface area contributed by atoms with E-state index in [9.17, 15) is 4.79 Å². The summed E-state index contributed by atoms with van der Waals surface area (Å²) < 4.78 is 9.78. The molecule has 0 heterocycles. The summed E-state index contributed by atoms with van der Waals surface area (Å²) in [5.41, 5.74) is 1.55. The molecule has 0 fully saturated rings. The molecule has 1 rings (SSSR count). The maximum atomic E-state index is 11.4. The number of aliphatic imine (C=N–C) groups is 1. The monoisotopic (exact) mass is 307 g/mol. The van der Waals surface area contributed by atoms with Crippen LogP contribution in [0.3, 0.4) is 0 Å². The number of guanidine groups is 1. The van der Waals surface area contributed by atoms with Crippen molar-refractivity contribution in [2.24, 2.45) is 4.99 Å². The lowest BCUT2D eigenvalue weighted by Gasteiger charge is -2.17. The number of carbonyl (C=O) groups is 1. The third kappa shape index (κ3) is 6.13. The lowest BCUT2D eigenvalue weighted by atomic mass is 10.1. The molecule has 2 N–H and O–H groups in total. The van der Waals surface area contributed by atoms with Crippen LogP contribution in [0.2, 0.25) is 0 Å². The van der Waals surface area contributed by atoms with Crippen LogP contribution in [0, 0.1) is 0 Å². The molecule has 0 saturated heterocycles. The van der Waals surface area contributed by atoms with E-state index in [1.807, 2.05) is 26.0 Å². The van der Waals surface area contributed by atoms with Gasteiger partial charge in [-0.25, -0.2) is 9.79 Å². The molecular weight excluding hydrogens is 282 g/mol. The molecular formula is C16H25N3O3. The summed E-state index contributed by atoms with van der Waals surface area (Å²) in [6.07, 6.45) is 0. The SMILES string of the molecule is CCNC(=NCc1ccc(C(=O)OC)cc1)NC(C)COC. The first-order valence-electron chi connectivity index (χ1n) is 7.31. The van der Waals surface area contributed by atoms with Crippen molar-refractivity contribution in [2.45, 2.75) is 26.4 Å². The first kappa shape index (κ1) is 18.0. The van der Waals surface area contributed by atoms with Gasteiger partial charge in [-0.05, 0) is 31.5 Å². The third-order valence-corrected chi connectivity index (χ3v) is 2.94. The average Bonchev–Trinajstić information content (AvgIpc) is 2.53. The topological polar surface area (TPSA) is 72.0 Å². The van der Waals surface area contributed by atoms with Crippen molar-refractivity contribution in [3.05, 3.63) is 35.4 Å². The van der Waals surface area contributed by atoms with Gasteiger partial charge in [0.2, 0.25) is 0 Å². The molecule has 1 unspecified atom stereocenters. The fourth-order valence-electron chi connectivity index (χ4n) is 1.88. The maximum absolute atomic E-state index is 11.4. The minimum absolute atomic E-state index is 0.171. The molecule has 0 aliphatic rings. The summed E-state index contributed by atoms with van der Waals surface area (Å²) >= 11 is 0. The summed E-state index contributed by atoms with van der Waals surface area (Å²) in [6.45, 7) is 5.96. The van der Waals surface area contributed by atoms with Crippen LogP contribution >= 0.6 is 0 Å². The van der Waals surface area contributed by atoms with Crippen LogP contribution in [-0.2, 0) is 16.0 Å². The van der Waals surface area contributed by atoms with Crippen LogP contribution in [0.4, 0.5) is 0 Å². The molecule has 0 bridgehead atoms. The number of nitrogens with one attached hydrogen (secondary N) is 2. The molecule has 0 aromatic heterocycles. The fourth-order valence-corrected chi connectivity index (χ4v) is 1.88. The number of carbonyl (C=O) groups excluding carboxylic acids is 1. The number of hydrogen-bond donors (Lipinski definition) is 2. The molecule has 22 heavy (non-hydrogen) atoms. The highest BCUT2D eigenvalue weighted by Crippen LogP contribution is 2.06. The van der Waals surface area contributed by atoms with Gasteiger partial charge in [0.15, 0.2) is 5.96 Å². The second kappa shape index (κ2) is 9.78. The quantitative estimate of drug-likeness (QED) is 0.454. The molecule has 0 aliphatic carbocycles. The number of methoxy groups -OCH3 is 2. The van der Waals surface area contributed by atoms with Crippen molar-refractivity contribution in [2.75, 3.05) is 27.4 Å². The van der Waals surface area contributed by atoms with Crippen LogP contribution in [0.5, 0.6) is 0 Å². The van der Waals surface area contributed by atoms with Crippen molar-refractivity contribution in [3.8, 4) is 0 Å². The average molecular weight is 307 g/mol. The highest BCUT2D eigenvalue weighted by atomic mass is 16.5. The summed E-state index contributed by atoms with van der Waals surface area (Å²) in [5, 5.41) is 6.46. The molecule has 6 nitrogen and oxygen atoms in total. The molecule has 0 radical (unpaired) electrons. The van der Waals surface area contributed by atoms with Gasteiger partial charge in [-0.1, -0.05) is 12.1 Å². The summed E-state index contributed by atoms with van der Waals surface area (Å²) in [7, 11) is 3.04. The fraction of sp³-hybridized carbons (Fsp3) is 0.500. The van der Waals surface area contributed by atoms with Gasteiger partial charge in [0.1, 0.15) is 0 Å². The van der Waals surface area contributed by atoms with E-state index >= 15 is 0 Å². The standard InChI is InChI=1S/C16H25N3O3/c1-5-17-16(19-12(2)11-21-3)18-10-13-6-8-14(9-7-13)15(20)22-4/h6-9,12H,5,10-11H2,1-4H3,(H2,17,18,19). The molecule has 0 spiro atoms. The Kier molecular flexibility index (Phi) is 7.99. The Hall–Kier alpha value is -2.08. The Morgan fingerprint density at radius 2 is 1.95 bits per heavy atom. The van der Waals surface area contributed by atoms with E-state index in [1.165, 1.54) is 7.11 Å². The van der Waals surface area contributed by atoms with Gasteiger partial charge in [0, 0.05) is 19.7 Å². The molecule has 0 saturated carbocycles. The zero-order valence-electron chi connectivity index (χ0n) is 13.7. The first-order valence-corrected chi connectivity index (χ1v) is 7.31. The zero-order valence-corrected chi connectivity index (χ0v) is 13.7. The van der Waals surface area contributed by atoms with Crippen molar-refractivity contribution >= 4 is 11.9 Å². The van der Waals surface area contributed by atoms with Gasteiger partial charge in [0.25, 0.3) is 0 Å². The Balaban J connectivity index is 2.67. The van der Waals surface area contributed by atoms with E-state index in [1.54, 1.807) is 19.2 Å². The second-order valence-electron chi connectivity index (χ2n) is 4.88. The van der Waals surface area contributed by atoms with Gasteiger partial charge >= 0.3 is 5.97 Å². The van der Waals surface area contributed by atoms with Crippen LogP contribution in [0.15, 0.2) is 29.3 Å². The van der Waals surface area contributed by atoms with Crippen molar-refractivity contribution in [1.29, 1.82) is 0 Å². The minimum Gasteiger partial charge on any atom is -0.465 e. The first-order chi connectivity index (χ1) is 10.6. The Morgan fingerprint density at radius 3 is 2.50 bits per heavy atom. The van der Waals surface area contributed by atoms with E-state index in [-0.39, 0.29) is 12.0 Å². The molecule has 0 aliphatic heterocycles. The predicted octanol–water partition coefficient (Wildman–Crippen LogP) is 1.56. The van der Waals surface area contributed by atoms with E-state index in [4.69, 9.17) is 4.74 Å². The normalized spacial score (nSPS) is 12.6. The predicted molar refractivity (Wildman–Crippen MR) is 87.1 cm³/mol. The molecule has 1 aromatic rings. The van der Waals surface area contributed by atoms with Gasteiger partial charge < -0.3 is 20.1 Å². The molecule has 1 atom stereocenters. The molecule has 1 aromatic carbocycles. The Bertz CT molecular complexity index is 486. The summed E-state index contributed by atoms with van der Waals surface area (Å²) in [5.74, 6) is 0.405. The number of hydrogen-bond acceptors (Lipinski definition) is 4. The van der Waals surface area contributed by atoms with Crippen LogP contribution in [-0.4, -0.2) is 45.3 Å². The highest BCUT2D eigenvalue weighted by Gasteiger charge is 2.06. The lowest BCUT2D eigenvalue weighted by molar-refractivity contribution is 0.0600. The van der Waals surface area contributed by atoms with Gasteiger partial charge in [0.05, 0.1) is 25.8 Å². The number of benzene rings is 1. The van der Waals surface area contributed by atoms with Crippen LogP contribution in [0.25, 0.3) is 0 Å². The molecule has 122 valence electrons. The van der Waals surface area contributed by atoms with Crippen molar-refractivity contribution in [3.63, 3.8) is 0 Å². The second-order valence-corrected chi connectivity index (χ2v) is 4.88. The minimum atomic E-state index is -0.335. The molecule has 0 amide bonds.